The zero-order chi connectivity index (χ0) is 16.7. The fraction of sp³-hybridized carbons (Fsp3) is 0.471. The average molecular weight is 316 g/mol. The second-order valence-corrected chi connectivity index (χ2v) is 5.48. The number of azo groups is 1. The first-order chi connectivity index (χ1) is 11.2. The standard InChI is InChI=1S/C17H24N4O2/c1-3-5-12-20-15(19-18-14-10-8-7-9-11-14)16(22)21(17(20)23)13-6-4-2/h7-11,22H,3-6,12-13H2,1-2H3. The highest BCUT2D eigenvalue weighted by Crippen LogP contribution is 2.28. The zero-order valence-electron chi connectivity index (χ0n) is 13.8. The van der Waals surface area contributed by atoms with Crippen LogP contribution in [-0.2, 0) is 13.1 Å². The predicted octanol–water partition coefficient (Wildman–Crippen LogP) is 4.37. The highest BCUT2D eigenvalue weighted by molar-refractivity contribution is 5.42. The molecule has 0 bridgehead atoms. The van der Waals surface area contributed by atoms with Crippen molar-refractivity contribution in [3.63, 3.8) is 0 Å². The van der Waals surface area contributed by atoms with Crippen LogP contribution in [0.5, 0.6) is 5.88 Å². The molecule has 1 aromatic carbocycles. The van der Waals surface area contributed by atoms with Gasteiger partial charge in [-0.2, -0.15) is 0 Å². The van der Waals surface area contributed by atoms with Gasteiger partial charge in [0, 0.05) is 13.1 Å². The summed E-state index contributed by atoms with van der Waals surface area (Å²) in [7, 11) is 0. The minimum atomic E-state index is -0.216. The number of rotatable bonds is 8. The van der Waals surface area contributed by atoms with Crippen LogP contribution < -0.4 is 5.69 Å². The molecule has 0 unspecified atom stereocenters. The Morgan fingerprint density at radius 2 is 1.57 bits per heavy atom. The van der Waals surface area contributed by atoms with Crippen molar-refractivity contribution >= 4 is 11.5 Å². The highest BCUT2D eigenvalue weighted by Gasteiger charge is 2.18. The van der Waals surface area contributed by atoms with Gasteiger partial charge < -0.3 is 5.11 Å². The van der Waals surface area contributed by atoms with Crippen molar-refractivity contribution in [2.75, 3.05) is 0 Å². The first-order valence-electron chi connectivity index (χ1n) is 8.18. The third-order valence-electron chi connectivity index (χ3n) is 3.66. The van der Waals surface area contributed by atoms with E-state index < -0.39 is 0 Å². The molecule has 1 heterocycles. The number of imidazole rings is 1. The van der Waals surface area contributed by atoms with Crippen LogP contribution >= 0.6 is 0 Å². The number of hydrogen-bond donors (Lipinski definition) is 1. The number of nitrogens with zero attached hydrogens (tertiary/aromatic N) is 4. The van der Waals surface area contributed by atoms with E-state index in [1.807, 2.05) is 37.3 Å². The number of aromatic nitrogens is 2. The van der Waals surface area contributed by atoms with Crippen LogP contribution in [-0.4, -0.2) is 14.2 Å². The van der Waals surface area contributed by atoms with E-state index in [2.05, 4.69) is 17.2 Å². The van der Waals surface area contributed by atoms with E-state index in [-0.39, 0.29) is 17.4 Å². The SMILES string of the molecule is CCCCn1c(O)c(N=Nc2ccccc2)n(CCCC)c1=O. The lowest BCUT2D eigenvalue weighted by molar-refractivity contribution is 0.409. The molecule has 0 aliphatic heterocycles. The first-order valence-corrected chi connectivity index (χ1v) is 8.18. The topological polar surface area (TPSA) is 71.9 Å². The molecular formula is C17H24N4O2. The largest absolute Gasteiger partial charge is 0.492 e. The van der Waals surface area contributed by atoms with Gasteiger partial charge in [0.15, 0.2) is 0 Å². The summed E-state index contributed by atoms with van der Waals surface area (Å²) in [4.78, 5) is 12.5. The van der Waals surface area contributed by atoms with Crippen LogP contribution in [0, 0.1) is 0 Å². The molecule has 124 valence electrons. The van der Waals surface area contributed by atoms with Crippen LogP contribution in [0.3, 0.4) is 0 Å². The van der Waals surface area contributed by atoms with Gasteiger partial charge in [0.05, 0.1) is 5.69 Å². The summed E-state index contributed by atoms with van der Waals surface area (Å²) in [6, 6.07) is 9.27. The maximum atomic E-state index is 12.5. The molecule has 0 spiro atoms. The summed E-state index contributed by atoms with van der Waals surface area (Å²) < 4.78 is 2.90. The lowest BCUT2D eigenvalue weighted by atomic mass is 10.3. The van der Waals surface area contributed by atoms with Gasteiger partial charge in [-0.3, -0.25) is 9.13 Å². The Kier molecular flexibility index (Phi) is 6.14. The van der Waals surface area contributed by atoms with E-state index in [0.717, 1.165) is 25.7 Å². The number of unbranched alkanes of at least 4 members (excludes halogenated alkanes) is 2. The van der Waals surface area contributed by atoms with Crippen LogP contribution in [0.1, 0.15) is 39.5 Å². The van der Waals surface area contributed by atoms with Gasteiger partial charge in [-0.1, -0.05) is 44.9 Å². The summed E-state index contributed by atoms with van der Waals surface area (Å²) in [5.41, 5.74) is 0.467. The van der Waals surface area contributed by atoms with Crippen molar-refractivity contribution in [1.82, 2.24) is 9.13 Å². The minimum Gasteiger partial charge on any atom is -0.492 e. The highest BCUT2D eigenvalue weighted by atomic mass is 16.3. The normalized spacial score (nSPS) is 11.4. The summed E-state index contributed by atoms with van der Waals surface area (Å²) in [5, 5.41) is 18.7. The van der Waals surface area contributed by atoms with E-state index in [9.17, 15) is 9.90 Å². The molecule has 6 heteroatoms. The van der Waals surface area contributed by atoms with E-state index >= 15 is 0 Å². The molecule has 0 amide bonds. The van der Waals surface area contributed by atoms with Crippen molar-refractivity contribution in [3.05, 3.63) is 40.8 Å². The minimum absolute atomic E-state index is 0.0979. The Labute approximate surface area is 136 Å². The van der Waals surface area contributed by atoms with E-state index in [4.69, 9.17) is 0 Å². The molecule has 1 N–H and O–H groups in total. The predicted molar refractivity (Wildman–Crippen MR) is 90.8 cm³/mol. The molecule has 0 aliphatic rings. The second kappa shape index (κ2) is 8.31. The van der Waals surface area contributed by atoms with Crippen molar-refractivity contribution in [3.8, 4) is 5.88 Å². The van der Waals surface area contributed by atoms with Crippen molar-refractivity contribution in [2.45, 2.75) is 52.6 Å². The maximum Gasteiger partial charge on any atom is 0.332 e. The van der Waals surface area contributed by atoms with Gasteiger partial charge >= 0.3 is 5.69 Å². The van der Waals surface area contributed by atoms with Crippen LogP contribution in [0.4, 0.5) is 11.5 Å². The van der Waals surface area contributed by atoms with Crippen molar-refractivity contribution in [2.24, 2.45) is 10.2 Å². The lowest BCUT2D eigenvalue weighted by Gasteiger charge is -2.01. The van der Waals surface area contributed by atoms with Gasteiger partial charge in [0.2, 0.25) is 11.7 Å². The quantitative estimate of drug-likeness (QED) is 0.734. The molecule has 0 aliphatic carbocycles. The summed E-state index contributed by atoms with van der Waals surface area (Å²) >= 11 is 0. The Hall–Kier alpha value is -2.37. The van der Waals surface area contributed by atoms with Crippen LogP contribution in [0.15, 0.2) is 45.4 Å². The van der Waals surface area contributed by atoms with Crippen LogP contribution in [0.25, 0.3) is 0 Å². The molecule has 23 heavy (non-hydrogen) atoms. The molecule has 0 fully saturated rings. The molecule has 6 nitrogen and oxygen atoms in total. The fourth-order valence-corrected chi connectivity index (χ4v) is 2.30. The average Bonchev–Trinajstić information content (AvgIpc) is 2.80. The molecule has 2 aromatic rings. The van der Waals surface area contributed by atoms with Gasteiger partial charge in [-0.05, 0) is 25.0 Å². The number of hydrogen-bond acceptors (Lipinski definition) is 4. The van der Waals surface area contributed by atoms with E-state index in [1.165, 1.54) is 9.13 Å². The number of benzene rings is 1. The molecule has 1 aromatic heterocycles. The summed E-state index contributed by atoms with van der Waals surface area (Å²) in [5.74, 6) is 0.141. The van der Waals surface area contributed by atoms with Crippen molar-refractivity contribution in [1.29, 1.82) is 0 Å². The molecule has 2 rings (SSSR count). The van der Waals surface area contributed by atoms with Gasteiger partial charge in [-0.15, -0.1) is 10.2 Å². The van der Waals surface area contributed by atoms with Crippen LogP contribution in [0.2, 0.25) is 0 Å². The second-order valence-electron chi connectivity index (χ2n) is 5.48. The summed E-state index contributed by atoms with van der Waals surface area (Å²) in [6.45, 7) is 5.13. The van der Waals surface area contributed by atoms with Gasteiger partial charge in [0.1, 0.15) is 0 Å². The molecule has 0 atom stereocenters. The van der Waals surface area contributed by atoms with Gasteiger partial charge in [-0.25, -0.2) is 4.79 Å². The molecule has 0 saturated heterocycles. The Bertz CT molecular complexity index is 701. The maximum absolute atomic E-state index is 12.5. The smallest absolute Gasteiger partial charge is 0.332 e. The lowest BCUT2D eigenvalue weighted by Crippen LogP contribution is -2.24. The third-order valence-corrected chi connectivity index (χ3v) is 3.66. The van der Waals surface area contributed by atoms with Crippen molar-refractivity contribution < 1.29 is 5.11 Å². The third kappa shape index (κ3) is 4.09. The Morgan fingerprint density at radius 1 is 0.957 bits per heavy atom. The fourth-order valence-electron chi connectivity index (χ4n) is 2.30. The zero-order valence-corrected chi connectivity index (χ0v) is 13.8. The molecule has 0 radical (unpaired) electrons. The Balaban J connectivity index is 2.39. The first kappa shape index (κ1) is 17.0. The summed E-state index contributed by atoms with van der Waals surface area (Å²) in [6.07, 6.45) is 3.60. The van der Waals surface area contributed by atoms with E-state index in [0.29, 0.717) is 18.8 Å². The monoisotopic (exact) mass is 316 g/mol. The van der Waals surface area contributed by atoms with Gasteiger partial charge in [0.25, 0.3) is 0 Å². The van der Waals surface area contributed by atoms with E-state index in [1.54, 1.807) is 0 Å². The Morgan fingerprint density at radius 3 is 2.17 bits per heavy atom. The number of aromatic hydroxyl groups is 1. The molecular weight excluding hydrogens is 292 g/mol. The molecule has 0 saturated carbocycles.